The number of ketones is 1. The van der Waals surface area contributed by atoms with Crippen LogP contribution in [0.5, 0.6) is 17.2 Å². The van der Waals surface area contributed by atoms with Gasteiger partial charge in [0.2, 0.25) is 11.5 Å². The second-order valence-electron chi connectivity index (χ2n) is 13.6. The van der Waals surface area contributed by atoms with Crippen molar-refractivity contribution in [3.63, 3.8) is 0 Å². The highest BCUT2D eigenvalue weighted by molar-refractivity contribution is 5.98. The molecule has 0 spiro atoms. The molecule has 0 radical (unpaired) electrons. The molecule has 3 heterocycles. The predicted molar refractivity (Wildman–Crippen MR) is 194 cm³/mol. The minimum absolute atomic E-state index is 0.0363. The summed E-state index contributed by atoms with van der Waals surface area (Å²) in [5.41, 5.74) is 3.57. The predicted octanol–water partition coefficient (Wildman–Crippen LogP) is 6.16. The van der Waals surface area contributed by atoms with Crippen LogP contribution in [0, 0.1) is 11.3 Å². The van der Waals surface area contributed by atoms with Gasteiger partial charge in [-0.05, 0) is 93.9 Å². The number of ether oxygens (including phenoxy) is 4. The average Bonchev–Trinajstić information content (AvgIpc) is 3.75. The smallest absolute Gasteiger partial charge is 0.254 e. The first-order chi connectivity index (χ1) is 24.4. The number of benzene rings is 3. The first kappa shape index (κ1) is 35.4. The normalized spacial score (nSPS) is 18.4. The minimum Gasteiger partial charge on any atom is -0.493 e. The topological polar surface area (TPSA) is 95.4 Å². The molecule has 266 valence electrons. The largest absolute Gasteiger partial charge is 0.493 e. The van der Waals surface area contributed by atoms with E-state index in [1.807, 2.05) is 46.7 Å². The van der Waals surface area contributed by atoms with Crippen molar-refractivity contribution in [3.8, 4) is 17.2 Å². The molecule has 0 N–H and O–H groups in total. The Hall–Kier alpha value is -4.41. The summed E-state index contributed by atoms with van der Waals surface area (Å²) in [7, 11) is 4.68. The van der Waals surface area contributed by atoms with Crippen molar-refractivity contribution < 1.29 is 28.5 Å². The monoisotopic (exact) mass is 682 g/mol. The lowest BCUT2D eigenvalue weighted by atomic mass is 9.77. The maximum atomic E-state index is 13.9. The maximum absolute atomic E-state index is 13.9. The van der Waals surface area contributed by atoms with Crippen LogP contribution in [0.15, 0.2) is 66.7 Å². The Morgan fingerprint density at radius 2 is 1.58 bits per heavy atom. The Balaban J connectivity index is 1.12. The van der Waals surface area contributed by atoms with Gasteiger partial charge in [-0.3, -0.25) is 9.59 Å². The van der Waals surface area contributed by atoms with E-state index in [-0.39, 0.29) is 23.0 Å². The van der Waals surface area contributed by atoms with Crippen LogP contribution in [0.25, 0.3) is 11.0 Å². The third kappa shape index (κ3) is 7.66. The molecule has 50 heavy (non-hydrogen) atoms. The fourth-order valence-electron chi connectivity index (χ4n) is 7.75. The molecule has 0 bridgehead atoms. The zero-order valence-electron chi connectivity index (χ0n) is 29.9. The number of rotatable bonds is 15. The Morgan fingerprint density at radius 3 is 2.26 bits per heavy atom. The quantitative estimate of drug-likeness (QED) is 0.109. The van der Waals surface area contributed by atoms with Crippen LogP contribution in [0.2, 0.25) is 0 Å². The number of likely N-dealkylation sites (tertiary alicyclic amines) is 2. The molecular weight excluding hydrogens is 632 g/mol. The molecule has 0 saturated carbocycles. The number of piperidine rings is 1. The van der Waals surface area contributed by atoms with Crippen molar-refractivity contribution in [2.75, 3.05) is 67.3 Å². The number of nitrogens with zero attached hydrogens (tertiary/aromatic N) is 4. The van der Waals surface area contributed by atoms with Crippen molar-refractivity contribution >= 4 is 22.7 Å². The van der Waals surface area contributed by atoms with Gasteiger partial charge < -0.3 is 33.3 Å². The van der Waals surface area contributed by atoms with Crippen molar-refractivity contribution in [1.82, 2.24) is 19.4 Å². The zero-order valence-corrected chi connectivity index (χ0v) is 29.9. The summed E-state index contributed by atoms with van der Waals surface area (Å²) in [6.07, 6.45) is 4.41. The van der Waals surface area contributed by atoms with Gasteiger partial charge in [0.1, 0.15) is 0 Å². The molecule has 1 atom stereocenters. The van der Waals surface area contributed by atoms with E-state index in [9.17, 15) is 9.59 Å². The highest BCUT2D eigenvalue weighted by Gasteiger charge is 2.41. The summed E-state index contributed by atoms with van der Waals surface area (Å²) < 4.78 is 24.2. The fraction of sp³-hybridized carbons (Fsp3) is 0.475. The summed E-state index contributed by atoms with van der Waals surface area (Å²) >= 11 is 0. The third-order valence-electron chi connectivity index (χ3n) is 10.5. The van der Waals surface area contributed by atoms with Crippen LogP contribution < -0.4 is 14.2 Å². The summed E-state index contributed by atoms with van der Waals surface area (Å²) in [4.78, 5) is 37.1. The van der Waals surface area contributed by atoms with Gasteiger partial charge in [0.05, 0.1) is 39.0 Å². The molecule has 0 aliphatic carbocycles. The number of fused-ring (bicyclic) bond motifs is 1. The van der Waals surface area contributed by atoms with Gasteiger partial charge in [0, 0.05) is 37.7 Å². The Kier molecular flexibility index (Phi) is 11.4. The molecule has 3 aromatic carbocycles. The summed E-state index contributed by atoms with van der Waals surface area (Å²) in [6, 6.07) is 22.0. The first-order valence-electron chi connectivity index (χ1n) is 17.8. The van der Waals surface area contributed by atoms with E-state index in [4.69, 9.17) is 23.9 Å². The highest BCUT2D eigenvalue weighted by atomic mass is 16.5. The van der Waals surface area contributed by atoms with E-state index in [0.29, 0.717) is 61.5 Å². The zero-order chi connectivity index (χ0) is 35.1. The van der Waals surface area contributed by atoms with Crippen molar-refractivity contribution in [2.24, 2.45) is 11.3 Å². The van der Waals surface area contributed by atoms with Crippen LogP contribution in [-0.2, 0) is 17.7 Å². The molecule has 2 aliphatic rings. The number of aromatic nitrogens is 2. The van der Waals surface area contributed by atoms with E-state index in [2.05, 4.69) is 29.2 Å². The fourth-order valence-corrected chi connectivity index (χ4v) is 7.75. The molecule has 2 aliphatic heterocycles. The number of hydrogen-bond donors (Lipinski definition) is 0. The second-order valence-corrected chi connectivity index (χ2v) is 13.6. The molecule has 2 saturated heterocycles. The van der Waals surface area contributed by atoms with Crippen LogP contribution in [0.1, 0.15) is 59.1 Å². The van der Waals surface area contributed by atoms with Gasteiger partial charge in [-0.2, -0.15) is 0 Å². The van der Waals surface area contributed by atoms with Gasteiger partial charge in [0.25, 0.3) is 5.91 Å². The van der Waals surface area contributed by atoms with E-state index in [1.165, 1.54) is 5.56 Å². The summed E-state index contributed by atoms with van der Waals surface area (Å²) in [6.45, 7) is 7.79. The molecule has 10 nitrogen and oxygen atoms in total. The maximum Gasteiger partial charge on any atom is 0.254 e. The van der Waals surface area contributed by atoms with Gasteiger partial charge in [-0.1, -0.05) is 42.5 Å². The highest BCUT2D eigenvalue weighted by Crippen LogP contribution is 2.41. The molecule has 1 amide bonds. The summed E-state index contributed by atoms with van der Waals surface area (Å²) in [5, 5.41) is 0. The number of carbonyl (C=O) groups excluding carboxylic acids is 2. The first-order valence-corrected chi connectivity index (χ1v) is 17.8. The van der Waals surface area contributed by atoms with Crippen LogP contribution in [0.3, 0.4) is 0 Å². The number of methoxy groups -OCH3 is 3. The lowest BCUT2D eigenvalue weighted by molar-refractivity contribution is 0.0756. The molecule has 6 rings (SSSR count). The number of imidazole rings is 1. The minimum atomic E-state index is -0.0598. The molecule has 4 aromatic rings. The average molecular weight is 683 g/mol. The number of carbonyl (C=O) groups is 2. The van der Waals surface area contributed by atoms with Crippen molar-refractivity contribution in [3.05, 3.63) is 83.7 Å². The Labute approximate surface area is 295 Å². The van der Waals surface area contributed by atoms with E-state index in [0.717, 1.165) is 62.8 Å². The van der Waals surface area contributed by atoms with Gasteiger partial charge >= 0.3 is 0 Å². The molecule has 2 fully saturated rings. The molecular formula is C40H50N4O6. The molecule has 1 unspecified atom stereocenters. The van der Waals surface area contributed by atoms with E-state index >= 15 is 0 Å². The second kappa shape index (κ2) is 16.1. The van der Waals surface area contributed by atoms with Gasteiger partial charge in [-0.15, -0.1) is 0 Å². The molecule has 10 heteroatoms. The standard InChI is InChI=1S/C40H50N4O6/c1-5-50-24-23-44-33-14-10-9-13-32(33)41-38(44)36(45)30-15-19-42(20-16-30)21-17-40(27-29-11-7-6-8-12-29)18-22-43(28-40)39(46)31-25-34(47-2)37(49-4)35(26-31)48-3/h6-14,25-26,30H,5,15-24,27-28H2,1-4H3. The molecule has 1 aromatic heterocycles. The SMILES string of the molecule is CCOCCn1c(C(=O)C2CCN(CCC3(Cc4ccccc4)CCN(C(=O)c4cc(OC)c(OC)c(OC)c4)C3)CC2)nc2ccccc21. The van der Waals surface area contributed by atoms with E-state index in [1.54, 1.807) is 33.5 Å². The number of para-hydroxylation sites is 2. The van der Waals surface area contributed by atoms with Crippen LogP contribution in [0.4, 0.5) is 0 Å². The van der Waals surface area contributed by atoms with Crippen molar-refractivity contribution in [1.29, 1.82) is 0 Å². The Morgan fingerprint density at radius 1 is 0.880 bits per heavy atom. The van der Waals surface area contributed by atoms with Crippen molar-refractivity contribution in [2.45, 2.75) is 45.6 Å². The lowest BCUT2D eigenvalue weighted by Crippen LogP contribution is -2.40. The Bertz CT molecular complexity index is 1740. The third-order valence-corrected chi connectivity index (χ3v) is 10.5. The number of hydrogen-bond acceptors (Lipinski definition) is 8. The van der Waals surface area contributed by atoms with Gasteiger partial charge in [-0.25, -0.2) is 4.98 Å². The lowest BCUT2D eigenvalue weighted by Gasteiger charge is -2.35. The number of Topliss-reactive ketones (excluding diaryl/α,β-unsaturated/α-hetero) is 1. The number of amides is 1. The van der Waals surface area contributed by atoms with Gasteiger partial charge in [0.15, 0.2) is 17.3 Å². The van der Waals surface area contributed by atoms with E-state index < -0.39 is 0 Å². The van der Waals surface area contributed by atoms with Crippen LogP contribution in [-0.4, -0.2) is 98.3 Å². The summed E-state index contributed by atoms with van der Waals surface area (Å²) in [5.74, 6) is 2.00. The van der Waals surface area contributed by atoms with Crippen LogP contribution >= 0.6 is 0 Å².